The first-order valence-electron chi connectivity index (χ1n) is 7.08. The first kappa shape index (κ1) is 16.2. The summed E-state index contributed by atoms with van der Waals surface area (Å²) in [7, 11) is 0. The molecule has 112 valence electrons. The maximum Gasteiger partial charge on any atom is 0.350 e. The normalized spacial score (nSPS) is 10.6. The topological polar surface area (TPSA) is 39.2 Å². The number of hydrogen-bond donors (Lipinski definition) is 0. The van der Waals surface area contributed by atoms with E-state index >= 15 is 0 Å². The zero-order valence-electron chi connectivity index (χ0n) is 12.2. The number of ether oxygens (including phenoxy) is 1. The summed E-state index contributed by atoms with van der Waals surface area (Å²) >= 11 is 4.65. The van der Waals surface area contributed by atoms with Crippen LogP contribution in [0.4, 0.5) is 0 Å². The van der Waals surface area contributed by atoms with Crippen molar-refractivity contribution in [3.63, 3.8) is 0 Å². The minimum Gasteiger partial charge on any atom is -0.462 e. The number of aryl methyl sites for hydroxylation is 1. The maximum atomic E-state index is 12.0. The Bertz CT molecular complexity index is 607. The van der Waals surface area contributed by atoms with Crippen LogP contribution in [-0.4, -0.2) is 17.6 Å². The van der Waals surface area contributed by atoms with Gasteiger partial charge in [-0.2, -0.15) is 0 Å². The van der Waals surface area contributed by atoms with Gasteiger partial charge in [-0.15, -0.1) is 0 Å². The van der Waals surface area contributed by atoms with Gasteiger partial charge in [-0.3, -0.25) is 0 Å². The fraction of sp³-hybridized carbons (Fsp3) is 0.375. The van der Waals surface area contributed by atoms with Crippen molar-refractivity contribution in [1.29, 1.82) is 0 Å². The van der Waals surface area contributed by atoms with Gasteiger partial charge < -0.3 is 4.74 Å². The van der Waals surface area contributed by atoms with Crippen LogP contribution < -0.4 is 0 Å². The molecule has 0 amide bonds. The SMILES string of the molecule is CCCCc1ccc(-c2nc(Br)sc2C(=O)OCC)cc1. The molecule has 0 bridgehead atoms. The molecule has 2 rings (SSSR count). The molecule has 0 aliphatic rings. The fourth-order valence-corrected chi connectivity index (χ4v) is 3.41. The third kappa shape index (κ3) is 4.14. The standard InChI is InChI=1S/C16H18BrNO2S/c1-3-5-6-11-7-9-12(10-8-11)13-14(15(19)20-4-2)21-16(17)18-13/h7-10H,3-6H2,1-2H3. The Kier molecular flexibility index (Phi) is 5.94. The van der Waals surface area contributed by atoms with Gasteiger partial charge >= 0.3 is 5.97 Å². The van der Waals surface area contributed by atoms with Crippen molar-refractivity contribution in [3.05, 3.63) is 38.6 Å². The average Bonchev–Trinajstić information content (AvgIpc) is 2.88. The summed E-state index contributed by atoms with van der Waals surface area (Å²) in [6.07, 6.45) is 3.46. The Labute approximate surface area is 137 Å². The van der Waals surface area contributed by atoms with Gasteiger partial charge in [-0.1, -0.05) is 48.9 Å². The van der Waals surface area contributed by atoms with Crippen LogP contribution in [0, 0.1) is 0 Å². The largest absolute Gasteiger partial charge is 0.462 e. The first-order valence-corrected chi connectivity index (χ1v) is 8.69. The van der Waals surface area contributed by atoms with Gasteiger partial charge in [0.2, 0.25) is 0 Å². The molecule has 0 aliphatic carbocycles. The number of thiazole rings is 1. The molecule has 2 aromatic rings. The van der Waals surface area contributed by atoms with Crippen molar-refractivity contribution in [2.24, 2.45) is 0 Å². The van der Waals surface area contributed by atoms with Crippen LogP contribution >= 0.6 is 27.3 Å². The fourth-order valence-electron chi connectivity index (χ4n) is 2.03. The Morgan fingerprint density at radius 3 is 2.62 bits per heavy atom. The van der Waals surface area contributed by atoms with E-state index in [0.29, 0.717) is 21.1 Å². The summed E-state index contributed by atoms with van der Waals surface area (Å²) < 4.78 is 5.78. The van der Waals surface area contributed by atoms with E-state index in [-0.39, 0.29) is 5.97 Å². The van der Waals surface area contributed by atoms with E-state index in [1.807, 2.05) is 12.1 Å². The van der Waals surface area contributed by atoms with Crippen LogP contribution in [0.5, 0.6) is 0 Å². The Balaban J connectivity index is 2.27. The van der Waals surface area contributed by atoms with E-state index in [1.165, 1.54) is 29.7 Å². The van der Waals surface area contributed by atoms with Gasteiger partial charge in [0.05, 0.1) is 12.3 Å². The van der Waals surface area contributed by atoms with Gasteiger partial charge in [-0.25, -0.2) is 9.78 Å². The molecule has 0 saturated heterocycles. The Hall–Kier alpha value is -1.20. The van der Waals surface area contributed by atoms with E-state index in [1.54, 1.807) is 6.92 Å². The molecule has 0 N–H and O–H groups in total. The highest BCUT2D eigenvalue weighted by Gasteiger charge is 2.19. The molecule has 0 unspecified atom stereocenters. The lowest BCUT2D eigenvalue weighted by Crippen LogP contribution is -2.04. The lowest BCUT2D eigenvalue weighted by atomic mass is 10.0. The summed E-state index contributed by atoms with van der Waals surface area (Å²) in [6, 6.07) is 8.25. The van der Waals surface area contributed by atoms with Gasteiger partial charge in [0.25, 0.3) is 0 Å². The molecule has 21 heavy (non-hydrogen) atoms. The second kappa shape index (κ2) is 7.71. The predicted octanol–water partition coefficient (Wildman–Crippen LogP) is 5.09. The zero-order valence-corrected chi connectivity index (χ0v) is 14.6. The van der Waals surface area contributed by atoms with Crippen molar-refractivity contribution in [1.82, 2.24) is 4.98 Å². The Morgan fingerprint density at radius 1 is 1.29 bits per heavy atom. The summed E-state index contributed by atoms with van der Waals surface area (Å²) in [4.78, 5) is 16.9. The third-order valence-corrected chi connectivity index (χ3v) is 4.60. The number of rotatable bonds is 6. The minimum atomic E-state index is -0.314. The van der Waals surface area contributed by atoms with Gasteiger partial charge in [-0.05, 0) is 41.3 Å². The number of halogens is 1. The first-order chi connectivity index (χ1) is 10.2. The molecule has 0 spiro atoms. The number of nitrogens with zero attached hydrogens (tertiary/aromatic N) is 1. The molecule has 0 radical (unpaired) electrons. The molecule has 3 nitrogen and oxygen atoms in total. The van der Waals surface area contributed by atoms with E-state index < -0.39 is 0 Å². The van der Waals surface area contributed by atoms with Crippen LogP contribution in [0.1, 0.15) is 41.9 Å². The molecule has 1 heterocycles. The van der Waals surface area contributed by atoms with Crippen molar-refractivity contribution >= 4 is 33.2 Å². The van der Waals surface area contributed by atoms with Gasteiger partial charge in [0.15, 0.2) is 3.92 Å². The number of esters is 1. The number of hydrogen-bond acceptors (Lipinski definition) is 4. The second-order valence-corrected chi connectivity index (χ2v) is 6.94. The quantitative estimate of drug-likeness (QED) is 0.667. The molecule has 1 aromatic carbocycles. The predicted molar refractivity (Wildman–Crippen MR) is 89.8 cm³/mol. The highest BCUT2D eigenvalue weighted by molar-refractivity contribution is 9.11. The number of aromatic nitrogens is 1. The highest BCUT2D eigenvalue weighted by Crippen LogP contribution is 2.32. The molecular formula is C16H18BrNO2S. The van der Waals surface area contributed by atoms with E-state index in [2.05, 4.69) is 40.0 Å². The summed E-state index contributed by atoms with van der Waals surface area (Å²) in [5.41, 5.74) is 2.94. The molecule has 0 fully saturated rings. The number of benzene rings is 1. The molecule has 0 atom stereocenters. The molecule has 5 heteroatoms. The second-order valence-electron chi connectivity index (χ2n) is 4.67. The maximum absolute atomic E-state index is 12.0. The van der Waals surface area contributed by atoms with E-state index in [0.717, 1.165) is 12.0 Å². The number of carbonyl (C=O) groups is 1. The third-order valence-electron chi connectivity index (χ3n) is 3.11. The van der Waals surface area contributed by atoms with Crippen LogP contribution in [0.25, 0.3) is 11.3 Å². The highest BCUT2D eigenvalue weighted by atomic mass is 79.9. The minimum absolute atomic E-state index is 0.314. The summed E-state index contributed by atoms with van der Waals surface area (Å²) in [6.45, 7) is 4.35. The molecule has 0 aliphatic heterocycles. The van der Waals surface area contributed by atoms with E-state index in [4.69, 9.17) is 4.74 Å². The smallest absolute Gasteiger partial charge is 0.350 e. The number of carbonyl (C=O) groups excluding carboxylic acids is 1. The van der Waals surface area contributed by atoms with Gasteiger partial charge in [0.1, 0.15) is 4.88 Å². The monoisotopic (exact) mass is 367 g/mol. The van der Waals surface area contributed by atoms with Gasteiger partial charge in [0, 0.05) is 5.56 Å². The molecule has 0 saturated carbocycles. The van der Waals surface area contributed by atoms with Crippen molar-refractivity contribution in [2.75, 3.05) is 6.61 Å². The summed E-state index contributed by atoms with van der Waals surface area (Å²) in [5.74, 6) is -0.314. The van der Waals surface area contributed by atoms with Crippen molar-refractivity contribution in [2.45, 2.75) is 33.1 Å². The van der Waals surface area contributed by atoms with Crippen molar-refractivity contribution in [3.8, 4) is 11.3 Å². The van der Waals surface area contributed by atoms with Crippen LogP contribution in [-0.2, 0) is 11.2 Å². The van der Waals surface area contributed by atoms with Crippen molar-refractivity contribution < 1.29 is 9.53 Å². The average molecular weight is 368 g/mol. The van der Waals surface area contributed by atoms with E-state index in [9.17, 15) is 4.79 Å². The van der Waals surface area contributed by atoms with Crippen LogP contribution in [0.15, 0.2) is 28.2 Å². The lowest BCUT2D eigenvalue weighted by molar-refractivity contribution is 0.0532. The Morgan fingerprint density at radius 2 is 2.00 bits per heavy atom. The van der Waals surface area contributed by atoms with Crippen LogP contribution in [0.3, 0.4) is 0 Å². The zero-order chi connectivity index (χ0) is 15.2. The lowest BCUT2D eigenvalue weighted by Gasteiger charge is -2.04. The molecular weight excluding hydrogens is 350 g/mol. The summed E-state index contributed by atoms with van der Waals surface area (Å²) in [5, 5.41) is 0. The number of unbranched alkanes of at least 4 members (excludes halogenated alkanes) is 1. The van der Waals surface area contributed by atoms with Crippen LogP contribution in [0.2, 0.25) is 0 Å². The molecule has 1 aromatic heterocycles.